The van der Waals surface area contributed by atoms with Crippen LogP contribution in [0.15, 0.2) is 52.3 Å². The van der Waals surface area contributed by atoms with Crippen LogP contribution in [0.25, 0.3) is 16.6 Å². The minimum Gasteiger partial charge on any atom is -0.496 e. The van der Waals surface area contributed by atoms with E-state index in [2.05, 4.69) is 20.9 Å². The zero-order valence-corrected chi connectivity index (χ0v) is 19.1. The molecule has 2 aromatic carbocycles. The Morgan fingerprint density at radius 3 is 2.50 bits per heavy atom. The van der Waals surface area contributed by atoms with Gasteiger partial charge in [0, 0.05) is 15.9 Å². The van der Waals surface area contributed by atoms with Gasteiger partial charge in [0.25, 0.3) is 0 Å². The highest BCUT2D eigenvalue weighted by Crippen LogP contribution is 2.34. The van der Waals surface area contributed by atoms with Crippen molar-refractivity contribution in [2.75, 3.05) is 21.3 Å². The zero-order valence-electron chi connectivity index (χ0n) is 16.7. The van der Waals surface area contributed by atoms with Crippen LogP contribution < -0.4 is 14.2 Å². The first-order valence-corrected chi connectivity index (χ1v) is 10.6. The number of carbonyl (C=O) groups is 1. The average molecular weight is 490 g/mol. The van der Waals surface area contributed by atoms with E-state index in [0.29, 0.717) is 17.2 Å². The first-order valence-electron chi connectivity index (χ1n) is 8.89. The maximum absolute atomic E-state index is 12.1. The normalized spacial score (nSPS) is 10.8. The number of nitrogens with zero attached hydrogens (tertiary/aromatic N) is 1. The molecule has 0 amide bonds. The number of hydrogen-bond donors (Lipinski definition) is 0. The van der Waals surface area contributed by atoms with Gasteiger partial charge in [0.05, 0.1) is 32.6 Å². The lowest BCUT2D eigenvalue weighted by Crippen LogP contribution is -2.01. The van der Waals surface area contributed by atoms with E-state index < -0.39 is 5.97 Å². The number of esters is 1. The van der Waals surface area contributed by atoms with Gasteiger partial charge in [0.1, 0.15) is 17.4 Å². The van der Waals surface area contributed by atoms with Crippen molar-refractivity contribution in [1.29, 1.82) is 0 Å². The lowest BCUT2D eigenvalue weighted by Gasteiger charge is -2.07. The second-order valence-electron chi connectivity index (χ2n) is 6.04. The number of hydrogen-bond acceptors (Lipinski definition) is 7. The second kappa shape index (κ2) is 10.3. The zero-order chi connectivity index (χ0) is 21.5. The summed E-state index contributed by atoms with van der Waals surface area (Å²) in [5.74, 6) is 1.48. The minimum atomic E-state index is -0.459. The molecule has 0 fully saturated rings. The van der Waals surface area contributed by atoms with Gasteiger partial charge in [-0.15, -0.1) is 11.3 Å². The molecule has 8 heteroatoms. The summed E-state index contributed by atoms with van der Waals surface area (Å²) >= 11 is 4.93. The number of carbonyl (C=O) groups excluding carboxylic acids is 1. The molecule has 30 heavy (non-hydrogen) atoms. The van der Waals surface area contributed by atoms with Gasteiger partial charge in [-0.2, -0.15) is 0 Å². The van der Waals surface area contributed by atoms with Crippen LogP contribution in [-0.2, 0) is 16.1 Å². The van der Waals surface area contributed by atoms with Gasteiger partial charge in [0.15, 0.2) is 11.5 Å². The monoisotopic (exact) mass is 489 g/mol. The second-order valence-corrected chi connectivity index (χ2v) is 7.82. The van der Waals surface area contributed by atoms with Gasteiger partial charge < -0.3 is 18.9 Å². The average Bonchev–Trinajstić information content (AvgIpc) is 3.25. The van der Waals surface area contributed by atoms with Crippen LogP contribution in [-0.4, -0.2) is 32.3 Å². The predicted molar refractivity (Wildman–Crippen MR) is 120 cm³/mol. The van der Waals surface area contributed by atoms with Crippen molar-refractivity contribution in [2.24, 2.45) is 0 Å². The van der Waals surface area contributed by atoms with Crippen molar-refractivity contribution in [2.45, 2.75) is 6.61 Å². The molecule has 0 saturated carbocycles. The minimum absolute atomic E-state index is 0.0852. The van der Waals surface area contributed by atoms with E-state index in [4.69, 9.17) is 18.9 Å². The Kier molecular flexibility index (Phi) is 7.48. The first-order chi connectivity index (χ1) is 14.5. The molecule has 0 N–H and O–H groups in total. The molecule has 0 spiro atoms. The third kappa shape index (κ3) is 5.40. The molecular weight excluding hydrogens is 470 g/mol. The number of ether oxygens (including phenoxy) is 4. The molecule has 156 valence electrons. The highest BCUT2D eigenvalue weighted by Gasteiger charge is 2.12. The Labute approximate surface area is 187 Å². The Morgan fingerprint density at radius 2 is 1.77 bits per heavy atom. The fourth-order valence-corrected chi connectivity index (χ4v) is 3.84. The maximum atomic E-state index is 12.1. The van der Waals surface area contributed by atoms with E-state index in [-0.39, 0.29) is 6.61 Å². The van der Waals surface area contributed by atoms with Crippen molar-refractivity contribution < 1.29 is 23.7 Å². The van der Waals surface area contributed by atoms with Gasteiger partial charge >= 0.3 is 5.97 Å². The molecule has 0 aliphatic heterocycles. The van der Waals surface area contributed by atoms with Crippen LogP contribution in [0.2, 0.25) is 0 Å². The number of halogens is 1. The molecular formula is C22H20BrNO5S. The highest BCUT2D eigenvalue weighted by atomic mass is 79.9. The summed E-state index contributed by atoms with van der Waals surface area (Å²) in [6, 6.07) is 11.1. The molecule has 0 unspecified atom stereocenters. The van der Waals surface area contributed by atoms with Crippen molar-refractivity contribution in [1.82, 2.24) is 4.98 Å². The van der Waals surface area contributed by atoms with E-state index in [1.54, 1.807) is 39.5 Å². The van der Waals surface area contributed by atoms with E-state index in [1.165, 1.54) is 17.4 Å². The SMILES string of the molecule is COc1ccc(/C=C/C(=O)OCc2csc(-c3cc(Br)ccc3OC)n2)cc1OC. The van der Waals surface area contributed by atoms with E-state index in [9.17, 15) is 4.79 Å². The summed E-state index contributed by atoms with van der Waals surface area (Å²) in [6.45, 7) is 0.0852. The van der Waals surface area contributed by atoms with Crippen molar-refractivity contribution in [3.63, 3.8) is 0 Å². The fraction of sp³-hybridized carbons (Fsp3) is 0.182. The molecule has 0 aliphatic rings. The lowest BCUT2D eigenvalue weighted by molar-refractivity contribution is -0.139. The Morgan fingerprint density at radius 1 is 1.03 bits per heavy atom. The Hall–Kier alpha value is -2.84. The van der Waals surface area contributed by atoms with Crippen LogP contribution in [0, 0.1) is 0 Å². The quantitative estimate of drug-likeness (QED) is 0.313. The van der Waals surface area contributed by atoms with Crippen LogP contribution in [0.5, 0.6) is 17.2 Å². The number of rotatable bonds is 8. The predicted octanol–water partition coefficient (Wildman–Crippen LogP) is 5.36. The van der Waals surface area contributed by atoms with Gasteiger partial charge in [0.2, 0.25) is 0 Å². The topological polar surface area (TPSA) is 66.9 Å². The van der Waals surface area contributed by atoms with Crippen LogP contribution in [0.1, 0.15) is 11.3 Å². The lowest BCUT2D eigenvalue weighted by atomic mass is 10.2. The fourth-order valence-electron chi connectivity index (χ4n) is 2.66. The summed E-state index contributed by atoms with van der Waals surface area (Å²) in [6.07, 6.45) is 3.02. The molecule has 0 atom stereocenters. The summed E-state index contributed by atoms with van der Waals surface area (Å²) in [7, 11) is 4.75. The Balaban J connectivity index is 1.62. The number of aromatic nitrogens is 1. The van der Waals surface area contributed by atoms with E-state index in [1.807, 2.05) is 29.6 Å². The van der Waals surface area contributed by atoms with Crippen molar-refractivity contribution in [3.8, 4) is 27.8 Å². The molecule has 0 radical (unpaired) electrons. The third-order valence-corrected chi connectivity index (χ3v) is 5.54. The van der Waals surface area contributed by atoms with Gasteiger partial charge in [-0.25, -0.2) is 9.78 Å². The summed E-state index contributed by atoms with van der Waals surface area (Å²) in [4.78, 5) is 16.6. The highest BCUT2D eigenvalue weighted by molar-refractivity contribution is 9.10. The molecule has 0 saturated heterocycles. The number of thiazole rings is 1. The first kappa shape index (κ1) is 21.9. The molecule has 1 heterocycles. The molecule has 3 rings (SSSR count). The largest absolute Gasteiger partial charge is 0.496 e. The van der Waals surface area contributed by atoms with E-state index in [0.717, 1.165) is 26.4 Å². The summed E-state index contributed by atoms with van der Waals surface area (Å²) < 4.78 is 22.1. The van der Waals surface area contributed by atoms with Crippen LogP contribution in [0.3, 0.4) is 0 Å². The molecule has 0 aliphatic carbocycles. The number of benzene rings is 2. The summed E-state index contributed by atoms with van der Waals surface area (Å²) in [5, 5.41) is 2.65. The van der Waals surface area contributed by atoms with Gasteiger partial charge in [-0.05, 0) is 42.0 Å². The van der Waals surface area contributed by atoms with Gasteiger partial charge in [-0.1, -0.05) is 22.0 Å². The molecule has 0 bridgehead atoms. The van der Waals surface area contributed by atoms with E-state index >= 15 is 0 Å². The van der Waals surface area contributed by atoms with Crippen LogP contribution in [0.4, 0.5) is 0 Å². The smallest absolute Gasteiger partial charge is 0.331 e. The Bertz CT molecular complexity index is 1060. The third-order valence-electron chi connectivity index (χ3n) is 4.13. The van der Waals surface area contributed by atoms with Gasteiger partial charge in [-0.3, -0.25) is 0 Å². The molecule has 3 aromatic rings. The maximum Gasteiger partial charge on any atom is 0.331 e. The van der Waals surface area contributed by atoms with Crippen LogP contribution >= 0.6 is 27.3 Å². The summed E-state index contributed by atoms with van der Waals surface area (Å²) in [5.41, 5.74) is 2.34. The van der Waals surface area contributed by atoms with Crippen molar-refractivity contribution >= 4 is 39.3 Å². The standard InChI is InChI=1S/C22H20BrNO5S/c1-26-18-8-6-15(23)11-17(18)22-24-16(13-30-22)12-29-21(25)9-5-14-4-7-19(27-2)20(10-14)28-3/h4-11,13H,12H2,1-3H3/b9-5+. The number of methoxy groups -OCH3 is 3. The van der Waals surface area contributed by atoms with Crippen molar-refractivity contribution in [3.05, 3.63) is 63.6 Å². The molecule has 6 nitrogen and oxygen atoms in total. The molecule has 1 aromatic heterocycles.